The lowest BCUT2D eigenvalue weighted by atomic mass is 9.95. The van der Waals surface area contributed by atoms with Crippen LogP contribution in [0.2, 0.25) is 0 Å². The second-order valence-corrected chi connectivity index (χ2v) is 7.98. The minimum Gasteiger partial charge on any atom is -0.504 e. The van der Waals surface area contributed by atoms with Gasteiger partial charge in [-0.3, -0.25) is 9.89 Å². The molecule has 1 amide bonds. The van der Waals surface area contributed by atoms with Crippen molar-refractivity contribution in [2.24, 2.45) is 0 Å². The molecule has 0 bridgehead atoms. The van der Waals surface area contributed by atoms with E-state index in [-0.39, 0.29) is 18.2 Å². The number of aromatic nitrogens is 2. The monoisotopic (exact) mass is 487 g/mol. The van der Waals surface area contributed by atoms with Crippen molar-refractivity contribution >= 4 is 21.8 Å². The summed E-state index contributed by atoms with van der Waals surface area (Å²) >= 11 is 3.45. The molecular weight excluding hydrogens is 466 g/mol. The van der Waals surface area contributed by atoms with Crippen LogP contribution in [-0.4, -0.2) is 60.3 Å². The predicted molar refractivity (Wildman–Crippen MR) is 117 cm³/mol. The van der Waals surface area contributed by atoms with Crippen molar-refractivity contribution in [3.8, 4) is 22.8 Å². The molecule has 162 valence electrons. The van der Waals surface area contributed by atoms with Gasteiger partial charge in [-0.2, -0.15) is 5.10 Å². The van der Waals surface area contributed by atoms with E-state index in [9.17, 15) is 9.90 Å². The van der Waals surface area contributed by atoms with E-state index < -0.39 is 12.3 Å². The molecule has 2 heterocycles. The summed E-state index contributed by atoms with van der Waals surface area (Å²) < 4.78 is 16.9. The van der Waals surface area contributed by atoms with Crippen molar-refractivity contribution < 1.29 is 24.1 Å². The number of H-pyrrole nitrogens is 1. The number of benzene rings is 2. The molecule has 0 radical (unpaired) electrons. The minimum atomic E-state index is -0.599. The van der Waals surface area contributed by atoms with Crippen molar-refractivity contribution in [2.45, 2.75) is 12.3 Å². The number of fused-ring (bicyclic) bond motifs is 1. The third kappa shape index (κ3) is 3.80. The van der Waals surface area contributed by atoms with E-state index in [4.69, 9.17) is 14.2 Å². The number of rotatable bonds is 7. The number of methoxy groups -OCH3 is 3. The SMILES string of the molecule is COc1cc(C2c3c(-c4ccc(Br)cc4)n[nH]c3C(=O)N2CC(OC)OC)ccc1O. The molecule has 9 heteroatoms. The maximum Gasteiger partial charge on any atom is 0.273 e. The van der Waals surface area contributed by atoms with Gasteiger partial charge in [0.05, 0.1) is 25.4 Å². The van der Waals surface area contributed by atoms with E-state index in [1.807, 2.05) is 24.3 Å². The fraction of sp³-hybridized carbons (Fsp3) is 0.273. The Kier molecular flexibility index (Phi) is 5.99. The Balaban J connectivity index is 1.87. The zero-order valence-electron chi connectivity index (χ0n) is 17.3. The standard InChI is InChI=1S/C22H22BrN3O5/c1-29-16-10-13(6-9-15(16)27)21-18-19(12-4-7-14(23)8-5-12)24-25-20(18)22(28)26(21)11-17(30-2)31-3/h4-10,17,21,27H,11H2,1-3H3,(H,24,25). The Labute approximate surface area is 187 Å². The number of nitrogens with zero attached hydrogens (tertiary/aromatic N) is 2. The highest BCUT2D eigenvalue weighted by Gasteiger charge is 2.43. The average molecular weight is 488 g/mol. The highest BCUT2D eigenvalue weighted by atomic mass is 79.9. The topological polar surface area (TPSA) is 96.9 Å². The van der Waals surface area contributed by atoms with Gasteiger partial charge in [-0.15, -0.1) is 0 Å². The molecular formula is C22H22BrN3O5. The van der Waals surface area contributed by atoms with Gasteiger partial charge >= 0.3 is 0 Å². The molecule has 31 heavy (non-hydrogen) atoms. The minimum absolute atomic E-state index is 0.0225. The first-order valence-corrected chi connectivity index (χ1v) is 10.4. The summed E-state index contributed by atoms with van der Waals surface area (Å²) in [6.07, 6.45) is -0.599. The number of ether oxygens (including phenoxy) is 3. The van der Waals surface area contributed by atoms with Crippen LogP contribution < -0.4 is 4.74 Å². The molecule has 1 unspecified atom stereocenters. The Bertz CT molecular complexity index is 1100. The van der Waals surface area contributed by atoms with Gasteiger partial charge in [0.25, 0.3) is 5.91 Å². The smallest absolute Gasteiger partial charge is 0.273 e. The fourth-order valence-electron chi connectivity index (χ4n) is 3.83. The van der Waals surface area contributed by atoms with Crippen LogP contribution in [0.1, 0.15) is 27.7 Å². The summed E-state index contributed by atoms with van der Waals surface area (Å²) in [6, 6.07) is 12.3. The highest BCUT2D eigenvalue weighted by Crippen LogP contribution is 2.44. The molecule has 1 atom stereocenters. The molecule has 1 aromatic heterocycles. The maximum absolute atomic E-state index is 13.3. The molecule has 8 nitrogen and oxygen atoms in total. The molecule has 0 fully saturated rings. The third-order valence-electron chi connectivity index (χ3n) is 5.37. The van der Waals surface area contributed by atoms with Gasteiger partial charge in [0.15, 0.2) is 17.8 Å². The summed E-state index contributed by atoms with van der Waals surface area (Å²) in [5.74, 6) is 0.137. The summed E-state index contributed by atoms with van der Waals surface area (Å²) in [5, 5.41) is 17.4. The number of amides is 1. The fourth-order valence-corrected chi connectivity index (χ4v) is 4.09. The Morgan fingerprint density at radius 3 is 2.52 bits per heavy atom. The van der Waals surface area contributed by atoms with E-state index >= 15 is 0 Å². The highest BCUT2D eigenvalue weighted by molar-refractivity contribution is 9.10. The Morgan fingerprint density at radius 1 is 1.16 bits per heavy atom. The van der Waals surface area contributed by atoms with Crippen molar-refractivity contribution in [1.82, 2.24) is 15.1 Å². The molecule has 0 aliphatic carbocycles. The molecule has 0 spiro atoms. The van der Waals surface area contributed by atoms with E-state index in [1.165, 1.54) is 21.3 Å². The molecule has 2 N–H and O–H groups in total. The van der Waals surface area contributed by atoms with E-state index in [2.05, 4.69) is 26.1 Å². The van der Waals surface area contributed by atoms with Gasteiger partial charge in [-0.05, 0) is 29.8 Å². The number of nitrogens with one attached hydrogen (secondary N) is 1. The zero-order chi connectivity index (χ0) is 22.1. The van der Waals surface area contributed by atoms with Gasteiger partial charge in [-0.25, -0.2) is 0 Å². The maximum atomic E-state index is 13.3. The van der Waals surface area contributed by atoms with Gasteiger partial charge in [0, 0.05) is 29.8 Å². The number of hydrogen-bond donors (Lipinski definition) is 2. The molecule has 4 rings (SSSR count). The second kappa shape index (κ2) is 8.70. The third-order valence-corrected chi connectivity index (χ3v) is 5.90. The number of aromatic amines is 1. The number of phenolic OH excluding ortho intramolecular Hbond substituents is 1. The van der Waals surface area contributed by atoms with Crippen LogP contribution >= 0.6 is 15.9 Å². The van der Waals surface area contributed by atoms with Crippen LogP contribution in [0.5, 0.6) is 11.5 Å². The van der Waals surface area contributed by atoms with E-state index in [0.29, 0.717) is 17.1 Å². The van der Waals surface area contributed by atoms with E-state index in [1.54, 1.807) is 23.1 Å². The van der Waals surface area contributed by atoms with Crippen LogP contribution in [0.25, 0.3) is 11.3 Å². The number of hydrogen-bond acceptors (Lipinski definition) is 6. The van der Waals surface area contributed by atoms with Gasteiger partial charge in [-0.1, -0.05) is 34.1 Å². The largest absolute Gasteiger partial charge is 0.504 e. The number of aromatic hydroxyl groups is 1. The summed E-state index contributed by atoms with van der Waals surface area (Å²) in [4.78, 5) is 15.0. The summed E-state index contributed by atoms with van der Waals surface area (Å²) in [7, 11) is 4.54. The van der Waals surface area contributed by atoms with Crippen molar-refractivity contribution in [3.63, 3.8) is 0 Å². The first kappa shape index (κ1) is 21.4. The number of carbonyl (C=O) groups is 1. The zero-order valence-corrected chi connectivity index (χ0v) is 18.8. The van der Waals surface area contributed by atoms with E-state index in [0.717, 1.165) is 21.2 Å². The Morgan fingerprint density at radius 2 is 1.87 bits per heavy atom. The van der Waals surface area contributed by atoms with Gasteiger partial charge in [0.1, 0.15) is 5.69 Å². The molecule has 0 saturated heterocycles. The molecule has 1 aliphatic heterocycles. The lowest BCUT2D eigenvalue weighted by molar-refractivity contribution is -0.113. The second-order valence-electron chi connectivity index (χ2n) is 7.06. The average Bonchev–Trinajstić information content (AvgIpc) is 3.32. The quantitative estimate of drug-likeness (QED) is 0.493. The van der Waals surface area contributed by atoms with Crippen LogP contribution in [0.15, 0.2) is 46.9 Å². The van der Waals surface area contributed by atoms with Crippen LogP contribution in [0.4, 0.5) is 0 Å². The normalized spacial score (nSPS) is 15.6. The van der Waals surface area contributed by atoms with Crippen LogP contribution in [-0.2, 0) is 9.47 Å². The summed E-state index contributed by atoms with van der Waals surface area (Å²) in [5.41, 5.74) is 3.50. The van der Waals surface area contributed by atoms with Gasteiger partial charge in [0.2, 0.25) is 0 Å². The lowest BCUT2D eigenvalue weighted by Crippen LogP contribution is -2.38. The number of phenols is 1. The van der Waals surface area contributed by atoms with Crippen LogP contribution in [0, 0.1) is 0 Å². The molecule has 3 aromatic rings. The first-order chi connectivity index (χ1) is 15.0. The van der Waals surface area contributed by atoms with Gasteiger partial charge < -0.3 is 24.2 Å². The number of carbonyl (C=O) groups excluding carboxylic acids is 1. The lowest BCUT2D eigenvalue weighted by Gasteiger charge is -2.29. The predicted octanol–water partition coefficient (Wildman–Crippen LogP) is 3.72. The first-order valence-electron chi connectivity index (χ1n) is 9.56. The molecule has 2 aromatic carbocycles. The van der Waals surface area contributed by atoms with Crippen LogP contribution in [0.3, 0.4) is 0 Å². The Hall–Kier alpha value is -2.88. The van der Waals surface area contributed by atoms with Crippen molar-refractivity contribution in [1.29, 1.82) is 0 Å². The molecule has 1 aliphatic rings. The molecule has 0 saturated carbocycles. The summed E-state index contributed by atoms with van der Waals surface area (Å²) in [6.45, 7) is 0.210. The van der Waals surface area contributed by atoms with Crippen molar-refractivity contribution in [2.75, 3.05) is 27.9 Å². The number of halogens is 1. The van der Waals surface area contributed by atoms with Crippen molar-refractivity contribution in [3.05, 3.63) is 63.8 Å².